The Hall–Kier alpha value is -2.68. The van der Waals surface area contributed by atoms with E-state index in [9.17, 15) is 14.9 Å². The fourth-order valence-electron chi connectivity index (χ4n) is 1.40. The first kappa shape index (κ1) is 13.7. The van der Waals surface area contributed by atoms with Crippen LogP contribution in [0.4, 0.5) is 5.69 Å². The molecule has 0 saturated carbocycles. The first-order valence-corrected chi connectivity index (χ1v) is 5.51. The third kappa shape index (κ3) is 2.67. The number of benzene rings is 1. The molecule has 0 bridgehead atoms. The highest BCUT2D eigenvalue weighted by Gasteiger charge is 2.22. The molecule has 0 amide bonds. The van der Waals surface area contributed by atoms with Crippen molar-refractivity contribution in [2.24, 2.45) is 7.05 Å². The average Bonchev–Trinajstić information content (AvgIpc) is 2.76. The lowest BCUT2D eigenvalue weighted by Crippen LogP contribution is -2.03. The van der Waals surface area contributed by atoms with Gasteiger partial charge in [-0.25, -0.2) is 4.79 Å². The topological polar surface area (TPSA) is 120 Å². The molecule has 0 aliphatic heterocycles. The minimum absolute atomic E-state index is 0.120. The Labute approximate surface area is 116 Å². The van der Waals surface area contributed by atoms with Crippen molar-refractivity contribution in [3.05, 3.63) is 39.2 Å². The van der Waals surface area contributed by atoms with Gasteiger partial charge in [0.05, 0.1) is 9.95 Å². The van der Waals surface area contributed by atoms with E-state index in [1.165, 1.54) is 11.0 Å². The minimum Gasteiger partial charge on any atom is -0.478 e. The van der Waals surface area contributed by atoms with Crippen molar-refractivity contribution < 1.29 is 19.6 Å². The number of aromatic carboxylic acids is 1. The second-order valence-electron chi connectivity index (χ2n) is 3.67. The Balaban J connectivity index is 2.51. The molecule has 0 radical (unpaired) electrons. The van der Waals surface area contributed by atoms with Gasteiger partial charge in [-0.05, 0) is 0 Å². The predicted octanol–water partition coefficient (Wildman–Crippen LogP) is 1.87. The number of carbonyl (C=O) groups is 1. The zero-order valence-corrected chi connectivity index (χ0v) is 10.7. The van der Waals surface area contributed by atoms with E-state index in [0.29, 0.717) is 0 Å². The van der Waals surface area contributed by atoms with Crippen LogP contribution in [0, 0.1) is 10.1 Å². The normalized spacial score (nSPS) is 10.3. The van der Waals surface area contributed by atoms with E-state index >= 15 is 0 Å². The van der Waals surface area contributed by atoms with Crippen molar-refractivity contribution >= 4 is 23.3 Å². The molecule has 20 heavy (non-hydrogen) atoms. The summed E-state index contributed by atoms with van der Waals surface area (Å²) in [4.78, 5) is 24.8. The van der Waals surface area contributed by atoms with Crippen LogP contribution in [0.2, 0.25) is 5.02 Å². The summed E-state index contributed by atoms with van der Waals surface area (Å²) < 4.78 is 6.52. The largest absolute Gasteiger partial charge is 0.478 e. The molecule has 0 fully saturated rings. The van der Waals surface area contributed by atoms with Crippen molar-refractivity contribution in [2.75, 3.05) is 0 Å². The summed E-state index contributed by atoms with van der Waals surface area (Å²) in [7, 11) is 1.59. The van der Waals surface area contributed by atoms with Gasteiger partial charge < -0.3 is 9.84 Å². The second-order valence-corrected chi connectivity index (χ2v) is 4.08. The van der Waals surface area contributed by atoms with E-state index < -0.39 is 22.1 Å². The maximum atomic E-state index is 11.1. The molecule has 0 unspecified atom stereocenters. The highest BCUT2D eigenvalue weighted by Crippen LogP contribution is 2.35. The van der Waals surface area contributed by atoms with Crippen molar-refractivity contribution in [1.29, 1.82) is 0 Å². The number of nitro benzene ring substituents is 1. The van der Waals surface area contributed by atoms with Crippen molar-refractivity contribution in [1.82, 2.24) is 14.8 Å². The predicted molar refractivity (Wildman–Crippen MR) is 66.1 cm³/mol. The van der Waals surface area contributed by atoms with Crippen molar-refractivity contribution in [3.63, 3.8) is 0 Å². The molecule has 0 aliphatic carbocycles. The van der Waals surface area contributed by atoms with Gasteiger partial charge in [0, 0.05) is 19.2 Å². The lowest BCUT2D eigenvalue weighted by Gasteiger charge is -2.07. The van der Waals surface area contributed by atoms with Gasteiger partial charge in [0.25, 0.3) is 5.69 Å². The minimum atomic E-state index is -1.42. The van der Waals surface area contributed by atoms with Crippen LogP contribution in [-0.2, 0) is 7.05 Å². The number of nitro groups is 1. The maximum Gasteiger partial charge on any atom is 0.341 e. The van der Waals surface area contributed by atoms with E-state index in [4.69, 9.17) is 21.4 Å². The molecule has 1 aromatic carbocycles. The summed E-state index contributed by atoms with van der Waals surface area (Å²) in [6.07, 6.45) is 1.34. The van der Waals surface area contributed by atoms with Crippen LogP contribution < -0.4 is 4.74 Å². The van der Waals surface area contributed by atoms with Gasteiger partial charge in [0.1, 0.15) is 11.9 Å². The molecule has 2 aromatic rings. The summed E-state index contributed by atoms with van der Waals surface area (Å²) in [5.74, 6) is -1.67. The molecule has 0 saturated heterocycles. The molecule has 0 aliphatic rings. The van der Waals surface area contributed by atoms with E-state index in [-0.39, 0.29) is 16.8 Å². The van der Waals surface area contributed by atoms with Gasteiger partial charge in [-0.15, -0.1) is 5.10 Å². The van der Waals surface area contributed by atoms with Gasteiger partial charge in [0.2, 0.25) is 0 Å². The first-order chi connectivity index (χ1) is 9.38. The second kappa shape index (κ2) is 5.13. The number of rotatable bonds is 4. The third-order valence-corrected chi connectivity index (χ3v) is 2.52. The first-order valence-electron chi connectivity index (χ1n) is 5.13. The highest BCUT2D eigenvalue weighted by molar-refractivity contribution is 6.33. The van der Waals surface area contributed by atoms with E-state index in [2.05, 4.69) is 10.1 Å². The molecule has 2 rings (SSSR count). The smallest absolute Gasteiger partial charge is 0.341 e. The Kier molecular flexibility index (Phi) is 3.53. The van der Waals surface area contributed by atoms with Crippen LogP contribution in [0.25, 0.3) is 0 Å². The standard InChI is InChI=1S/C10H7ClN4O5/c1-14-4-12-10(13-14)20-8-6(9(16)17)2-5(15(18)19)3-7(8)11/h2-4H,1H3,(H,16,17). The summed E-state index contributed by atoms with van der Waals surface area (Å²) in [5, 5.41) is 23.3. The van der Waals surface area contributed by atoms with E-state index in [1.54, 1.807) is 7.05 Å². The molecular weight excluding hydrogens is 292 g/mol. The van der Waals surface area contributed by atoms with Crippen LogP contribution in [0.3, 0.4) is 0 Å². The van der Waals surface area contributed by atoms with E-state index in [1.807, 2.05) is 0 Å². The van der Waals surface area contributed by atoms with Gasteiger partial charge in [-0.3, -0.25) is 14.8 Å². The Bertz CT molecular complexity index is 699. The molecule has 1 heterocycles. The summed E-state index contributed by atoms with van der Waals surface area (Å²) >= 11 is 5.82. The van der Waals surface area contributed by atoms with Gasteiger partial charge >= 0.3 is 12.0 Å². The average molecular weight is 299 g/mol. The van der Waals surface area contributed by atoms with Crippen molar-refractivity contribution in [2.45, 2.75) is 0 Å². The maximum absolute atomic E-state index is 11.1. The van der Waals surface area contributed by atoms with Crippen LogP contribution in [0.1, 0.15) is 10.4 Å². The van der Waals surface area contributed by atoms with Gasteiger partial charge in [0.15, 0.2) is 5.75 Å². The lowest BCUT2D eigenvalue weighted by molar-refractivity contribution is -0.384. The van der Waals surface area contributed by atoms with Crippen LogP contribution in [0.5, 0.6) is 11.8 Å². The zero-order chi connectivity index (χ0) is 14.9. The molecule has 0 atom stereocenters. The quantitative estimate of drug-likeness (QED) is 0.675. The zero-order valence-electron chi connectivity index (χ0n) is 9.98. The number of ether oxygens (including phenoxy) is 1. The number of aryl methyl sites for hydroxylation is 1. The van der Waals surface area contributed by atoms with Crippen LogP contribution in [0.15, 0.2) is 18.5 Å². The number of hydrogen-bond donors (Lipinski definition) is 1. The molecule has 0 spiro atoms. The molecular formula is C10H7ClN4O5. The fourth-order valence-corrected chi connectivity index (χ4v) is 1.66. The molecule has 1 N–H and O–H groups in total. The number of carboxylic acids is 1. The van der Waals surface area contributed by atoms with Crippen molar-refractivity contribution in [3.8, 4) is 11.8 Å². The molecule has 10 heteroatoms. The number of non-ortho nitro benzene ring substituents is 1. The van der Waals surface area contributed by atoms with E-state index in [0.717, 1.165) is 12.1 Å². The number of hydrogen-bond acceptors (Lipinski definition) is 6. The van der Waals surface area contributed by atoms with Gasteiger partial charge in [-0.1, -0.05) is 11.6 Å². The Morgan fingerprint density at radius 2 is 2.25 bits per heavy atom. The summed E-state index contributed by atoms with van der Waals surface area (Å²) in [5.41, 5.74) is -0.898. The van der Waals surface area contributed by atoms with Gasteiger partial charge in [-0.2, -0.15) is 4.98 Å². The Morgan fingerprint density at radius 3 is 2.75 bits per heavy atom. The van der Waals surface area contributed by atoms with Crippen LogP contribution >= 0.6 is 11.6 Å². The molecule has 104 valence electrons. The fraction of sp³-hybridized carbons (Fsp3) is 0.100. The lowest BCUT2D eigenvalue weighted by atomic mass is 10.2. The number of nitrogens with zero attached hydrogens (tertiary/aromatic N) is 4. The number of halogens is 1. The van der Waals surface area contributed by atoms with Crippen LogP contribution in [-0.4, -0.2) is 30.8 Å². The SMILES string of the molecule is Cn1cnc(Oc2c(Cl)cc([N+](=O)[O-])cc2C(=O)O)n1. The third-order valence-electron chi connectivity index (χ3n) is 2.24. The molecule has 9 nitrogen and oxygen atoms in total. The summed E-state index contributed by atoms with van der Waals surface area (Å²) in [6, 6.07) is 1.73. The monoisotopic (exact) mass is 298 g/mol. The Morgan fingerprint density at radius 1 is 1.55 bits per heavy atom. The summed E-state index contributed by atoms with van der Waals surface area (Å²) in [6.45, 7) is 0. The number of carboxylic acid groups (broad SMARTS) is 1. The highest BCUT2D eigenvalue weighted by atomic mass is 35.5. The number of aromatic nitrogens is 3. The molecule has 1 aromatic heterocycles.